The standard InChI is InChI=1S/C13H13ClN4/c1-8-11(15)12(17-13(14)16-8)18-6-9-4-2-3-5-10(9)7-18/h2-5H,6-7,15H2,1H3. The number of nitrogens with two attached hydrogens (primary N) is 1. The van der Waals surface area contributed by atoms with Crippen LogP contribution in [0.4, 0.5) is 11.5 Å². The lowest BCUT2D eigenvalue weighted by Gasteiger charge is -2.19. The molecule has 1 aromatic carbocycles. The highest BCUT2D eigenvalue weighted by molar-refractivity contribution is 6.28. The molecule has 2 aromatic rings. The minimum Gasteiger partial charge on any atom is -0.394 e. The van der Waals surface area contributed by atoms with Gasteiger partial charge in [0.05, 0.1) is 11.4 Å². The maximum Gasteiger partial charge on any atom is 0.224 e. The molecule has 1 aliphatic rings. The molecule has 0 radical (unpaired) electrons. The lowest BCUT2D eigenvalue weighted by Crippen LogP contribution is -2.19. The van der Waals surface area contributed by atoms with Gasteiger partial charge in [0.1, 0.15) is 0 Å². The van der Waals surface area contributed by atoms with Gasteiger partial charge < -0.3 is 10.6 Å². The molecule has 0 unspecified atom stereocenters. The van der Waals surface area contributed by atoms with E-state index in [1.807, 2.05) is 19.1 Å². The fourth-order valence-electron chi connectivity index (χ4n) is 2.26. The van der Waals surface area contributed by atoms with Gasteiger partial charge in [0, 0.05) is 13.1 Å². The van der Waals surface area contributed by atoms with Crippen LogP contribution in [-0.4, -0.2) is 9.97 Å². The van der Waals surface area contributed by atoms with Crippen LogP contribution in [0.2, 0.25) is 5.28 Å². The van der Waals surface area contributed by atoms with E-state index in [9.17, 15) is 0 Å². The van der Waals surface area contributed by atoms with Crippen LogP contribution in [0.3, 0.4) is 0 Å². The number of aryl methyl sites for hydroxylation is 1. The van der Waals surface area contributed by atoms with Gasteiger partial charge in [0.2, 0.25) is 5.28 Å². The Labute approximate surface area is 110 Å². The van der Waals surface area contributed by atoms with E-state index in [0.29, 0.717) is 5.69 Å². The van der Waals surface area contributed by atoms with Gasteiger partial charge in [-0.1, -0.05) is 24.3 Å². The largest absolute Gasteiger partial charge is 0.394 e. The first kappa shape index (κ1) is 11.3. The van der Waals surface area contributed by atoms with E-state index in [-0.39, 0.29) is 5.28 Å². The van der Waals surface area contributed by atoms with E-state index in [4.69, 9.17) is 17.3 Å². The monoisotopic (exact) mass is 260 g/mol. The first-order valence-corrected chi connectivity index (χ1v) is 6.14. The Morgan fingerprint density at radius 3 is 2.39 bits per heavy atom. The number of fused-ring (bicyclic) bond motifs is 1. The predicted molar refractivity (Wildman–Crippen MR) is 72.5 cm³/mol. The highest BCUT2D eigenvalue weighted by Gasteiger charge is 2.22. The number of hydrogen-bond acceptors (Lipinski definition) is 4. The topological polar surface area (TPSA) is 55.0 Å². The van der Waals surface area contributed by atoms with Crippen molar-refractivity contribution in [1.29, 1.82) is 0 Å². The first-order valence-electron chi connectivity index (χ1n) is 5.76. The molecule has 0 atom stereocenters. The van der Waals surface area contributed by atoms with Crippen molar-refractivity contribution in [1.82, 2.24) is 9.97 Å². The summed E-state index contributed by atoms with van der Waals surface area (Å²) in [5.74, 6) is 0.726. The normalized spacial score (nSPS) is 13.8. The highest BCUT2D eigenvalue weighted by Crippen LogP contribution is 2.32. The SMILES string of the molecule is Cc1nc(Cl)nc(N2Cc3ccccc3C2)c1N. The highest BCUT2D eigenvalue weighted by atomic mass is 35.5. The number of halogens is 1. The number of hydrogen-bond donors (Lipinski definition) is 1. The minimum absolute atomic E-state index is 0.243. The smallest absolute Gasteiger partial charge is 0.224 e. The molecule has 0 bridgehead atoms. The van der Waals surface area contributed by atoms with E-state index >= 15 is 0 Å². The van der Waals surface area contributed by atoms with Crippen molar-refractivity contribution in [3.63, 3.8) is 0 Å². The number of benzene rings is 1. The molecule has 5 heteroatoms. The molecule has 1 aliphatic heterocycles. The number of nitrogen functional groups attached to an aromatic ring is 1. The Morgan fingerprint density at radius 2 is 1.78 bits per heavy atom. The molecular weight excluding hydrogens is 248 g/mol. The van der Waals surface area contributed by atoms with Crippen molar-refractivity contribution in [2.75, 3.05) is 10.6 Å². The summed E-state index contributed by atoms with van der Waals surface area (Å²) in [7, 11) is 0. The third kappa shape index (κ3) is 1.78. The van der Waals surface area contributed by atoms with Gasteiger partial charge >= 0.3 is 0 Å². The average Bonchev–Trinajstić information content (AvgIpc) is 2.77. The van der Waals surface area contributed by atoms with Crippen LogP contribution in [0, 0.1) is 6.92 Å². The molecule has 92 valence electrons. The Kier molecular flexibility index (Phi) is 2.59. The van der Waals surface area contributed by atoms with Crippen LogP contribution in [0.1, 0.15) is 16.8 Å². The third-order valence-electron chi connectivity index (χ3n) is 3.23. The summed E-state index contributed by atoms with van der Waals surface area (Å²) in [5, 5.41) is 0.243. The molecule has 0 fully saturated rings. The number of rotatable bonds is 1. The van der Waals surface area contributed by atoms with Crippen LogP contribution >= 0.6 is 11.6 Å². The third-order valence-corrected chi connectivity index (χ3v) is 3.40. The van der Waals surface area contributed by atoms with Crippen molar-refractivity contribution in [3.05, 3.63) is 46.4 Å². The molecule has 1 aromatic heterocycles. The molecule has 0 spiro atoms. The molecule has 4 nitrogen and oxygen atoms in total. The van der Waals surface area contributed by atoms with E-state index in [0.717, 1.165) is 24.6 Å². The van der Waals surface area contributed by atoms with E-state index in [1.54, 1.807) is 0 Å². The van der Waals surface area contributed by atoms with E-state index in [1.165, 1.54) is 11.1 Å². The lowest BCUT2D eigenvalue weighted by atomic mass is 10.1. The van der Waals surface area contributed by atoms with Gasteiger partial charge in [0.25, 0.3) is 0 Å². The van der Waals surface area contributed by atoms with Crippen molar-refractivity contribution < 1.29 is 0 Å². The Hall–Kier alpha value is -1.81. The predicted octanol–water partition coefficient (Wildman–Crippen LogP) is 2.54. The zero-order valence-corrected chi connectivity index (χ0v) is 10.8. The quantitative estimate of drug-likeness (QED) is 0.801. The molecule has 2 N–H and O–H groups in total. The minimum atomic E-state index is 0.243. The second kappa shape index (κ2) is 4.14. The van der Waals surface area contributed by atoms with Crippen molar-refractivity contribution in [2.24, 2.45) is 0 Å². The first-order chi connectivity index (χ1) is 8.65. The van der Waals surface area contributed by atoms with E-state index < -0.39 is 0 Å². The molecule has 3 rings (SSSR count). The second-order valence-electron chi connectivity index (χ2n) is 4.44. The average molecular weight is 261 g/mol. The van der Waals surface area contributed by atoms with Gasteiger partial charge in [-0.2, -0.15) is 4.98 Å². The lowest BCUT2D eigenvalue weighted by molar-refractivity contribution is 0.851. The Balaban J connectivity index is 2.00. The van der Waals surface area contributed by atoms with Gasteiger partial charge in [0.15, 0.2) is 5.82 Å². The number of anilines is 2. The molecule has 0 saturated heterocycles. The molecule has 0 saturated carbocycles. The second-order valence-corrected chi connectivity index (χ2v) is 4.78. The Morgan fingerprint density at radius 1 is 1.17 bits per heavy atom. The number of nitrogens with zero attached hydrogens (tertiary/aromatic N) is 3. The summed E-state index contributed by atoms with van der Waals surface area (Å²) < 4.78 is 0. The molecule has 18 heavy (non-hydrogen) atoms. The maximum atomic E-state index is 6.04. The molecule has 2 heterocycles. The van der Waals surface area contributed by atoms with Crippen LogP contribution in [0.15, 0.2) is 24.3 Å². The van der Waals surface area contributed by atoms with Crippen molar-refractivity contribution >= 4 is 23.1 Å². The zero-order valence-electron chi connectivity index (χ0n) is 10.0. The van der Waals surface area contributed by atoms with Gasteiger partial charge in [-0.3, -0.25) is 0 Å². The van der Waals surface area contributed by atoms with Crippen LogP contribution in [0.25, 0.3) is 0 Å². The maximum absolute atomic E-state index is 6.04. The summed E-state index contributed by atoms with van der Waals surface area (Å²) in [4.78, 5) is 10.4. The van der Waals surface area contributed by atoms with Crippen molar-refractivity contribution in [3.8, 4) is 0 Å². The fourth-order valence-corrected chi connectivity index (χ4v) is 2.46. The van der Waals surface area contributed by atoms with Crippen LogP contribution < -0.4 is 10.6 Å². The number of aromatic nitrogens is 2. The van der Waals surface area contributed by atoms with E-state index in [2.05, 4.69) is 27.0 Å². The molecule has 0 amide bonds. The summed E-state index contributed by atoms with van der Waals surface area (Å²) in [5.41, 5.74) is 9.99. The van der Waals surface area contributed by atoms with Gasteiger partial charge in [-0.25, -0.2) is 4.98 Å². The van der Waals surface area contributed by atoms with Gasteiger partial charge in [-0.15, -0.1) is 0 Å². The molecule has 0 aliphatic carbocycles. The summed E-state index contributed by atoms with van der Waals surface area (Å²) in [6, 6.07) is 8.34. The van der Waals surface area contributed by atoms with Crippen LogP contribution in [0.5, 0.6) is 0 Å². The Bertz CT molecular complexity index is 587. The van der Waals surface area contributed by atoms with Crippen LogP contribution in [-0.2, 0) is 13.1 Å². The molecular formula is C13H13ClN4. The fraction of sp³-hybridized carbons (Fsp3) is 0.231. The summed E-state index contributed by atoms with van der Waals surface area (Å²) >= 11 is 5.91. The summed E-state index contributed by atoms with van der Waals surface area (Å²) in [6.07, 6.45) is 0. The summed E-state index contributed by atoms with van der Waals surface area (Å²) in [6.45, 7) is 3.47. The zero-order chi connectivity index (χ0) is 12.7. The van der Waals surface area contributed by atoms with Gasteiger partial charge in [-0.05, 0) is 29.7 Å². The van der Waals surface area contributed by atoms with Crippen molar-refractivity contribution in [2.45, 2.75) is 20.0 Å².